The normalized spacial score (nSPS) is 17.7. The van der Waals surface area contributed by atoms with E-state index in [2.05, 4.69) is 5.32 Å². The van der Waals surface area contributed by atoms with Crippen LogP contribution in [0.4, 0.5) is 0 Å². The molecule has 0 fully saturated rings. The highest BCUT2D eigenvalue weighted by Gasteiger charge is 2.34. The van der Waals surface area contributed by atoms with E-state index < -0.39 is 0 Å². The minimum Gasteiger partial charge on any atom is -0.493 e. The molecule has 5 heteroatoms. The summed E-state index contributed by atoms with van der Waals surface area (Å²) in [5, 5.41) is 3.14. The number of carbonyl (C=O) groups is 1. The van der Waals surface area contributed by atoms with Crippen LogP contribution in [0.15, 0.2) is 36.4 Å². The van der Waals surface area contributed by atoms with Crippen LogP contribution in [-0.2, 0) is 0 Å². The van der Waals surface area contributed by atoms with E-state index >= 15 is 0 Å². The second kappa shape index (κ2) is 6.90. The van der Waals surface area contributed by atoms with Crippen LogP contribution >= 0.6 is 0 Å². The number of fused-ring (bicyclic) bond motifs is 1. The molecule has 0 bridgehead atoms. The van der Waals surface area contributed by atoms with Crippen molar-refractivity contribution in [3.8, 4) is 17.2 Å². The fraction of sp³-hybridized carbons (Fsp3) is 0.381. The molecule has 1 aliphatic heterocycles. The molecule has 1 amide bonds. The average Bonchev–Trinajstić information content (AvgIpc) is 2.59. The van der Waals surface area contributed by atoms with Gasteiger partial charge in [-0.15, -0.1) is 0 Å². The van der Waals surface area contributed by atoms with Gasteiger partial charge in [0.2, 0.25) is 0 Å². The largest absolute Gasteiger partial charge is 0.493 e. The number of benzene rings is 2. The molecule has 2 aromatic rings. The van der Waals surface area contributed by atoms with Crippen molar-refractivity contribution in [1.29, 1.82) is 0 Å². The third-order valence-corrected chi connectivity index (χ3v) is 4.58. The lowest BCUT2D eigenvalue weighted by molar-refractivity contribution is 0.0619. The maximum Gasteiger partial charge on any atom is 0.251 e. The fourth-order valence-corrected chi connectivity index (χ4v) is 3.31. The first-order valence-corrected chi connectivity index (χ1v) is 8.65. The van der Waals surface area contributed by atoms with Crippen LogP contribution in [0, 0.1) is 6.92 Å². The first-order valence-electron chi connectivity index (χ1n) is 8.65. The minimum atomic E-state index is -0.351. The number of methoxy groups -OCH3 is 2. The number of hydrogen-bond donors (Lipinski definition) is 1. The van der Waals surface area contributed by atoms with Gasteiger partial charge in [-0.05, 0) is 50.6 Å². The van der Waals surface area contributed by atoms with Gasteiger partial charge in [-0.2, -0.15) is 0 Å². The number of hydrogen-bond acceptors (Lipinski definition) is 4. The monoisotopic (exact) mass is 355 g/mol. The van der Waals surface area contributed by atoms with Crippen molar-refractivity contribution in [1.82, 2.24) is 5.32 Å². The van der Waals surface area contributed by atoms with Crippen molar-refractivity contribution in [2.75, 3.05) is 14.2 Å². The zero-order chi connectivity index (χ0) is 18.9. The Bertz CT molecular complexity index is 829. The molecular formula is C21H25NO4. The molecule has 26 heavy (non-hydrogen) atoms. The smallest absolute Gasteiger partial charge is 0.251 e. The van der Waals surface area contributed by atoms with Crippen LogP contribution in [0.2, 0.25) is 0 Å². The molecule has 0 aliphatic carbocycles. The second-order valence-corrected chi connectivity index (χ2v) is 7.20. The van der Waals surface area contributed by atoms with Crippen LogP contribution in [0.1, 0.15) is 47.8 Å². The van der Waals surface area contributed by atoms with Crippen LogP contribution in [0.3, 0.4) is 0 Å². The maximum absolute atomic E-state index is 12.8. The van der Waals surface area contributed by atoms with Gasteiger partial charge >= 0.3 is 0 Å². The SMILES string of the molecule is COc1ccc(C(=O)N[C@@H]2CC(C)(C)Oc3cc(C)ccc32)cc1OC. The van der Waals surface area contributed by atoms with Gasteiger partial charge in [0.05, 0.1) is 20.3 Å². The van der Waals surface area contributed by atoms with Crippen molar-refractivity contribution in [2.45, 2.75) is 38.8 Å². The van der Waals surface area contributed by atoms with E-state index in [1.54, 1.807) is 32.4 Å². The van der Waals surface area contributed by atoms with Gasteiger partial charge in [-0.3, -0.25) is 4.79 Å². The molecule has 0 saturated carbocycles. The number of rotatable bonds is 4. The lowest BCUT2D eigenvalue weighted by atomic mass is 9.89. The molecule has 1 atom stereocenters. The summed E-state index contributed by atoms with van der Waals surface area (Å²) in [5.74, 6) is 1.81. The fourth-order valence-electron chi connectivity index (χ4n) is 3.31. The van der Waals surface area contributed by atoms with E-state index in [0.717, 1.165) is 16.9 Å². The summed E-state index contributed by atoms with van der Waals surface area (Å²) in [4.78, 5) is 12.8. The summed E-state index contributed by atoms with van der Waals surface area (Å²) < 4.78 is 16.6. The highest BCUT2D eigenvalue weighted by Crippen LogP contribution is 2.40. The Morgan fingerprint density at radius 3 is 2.54 bits per heavy atom. The number of aryl methyl sites for hydroxylation is 1. The summed E-state index contributed by atoms with van der Waals surface area (Å²) in [6.07, 6.45) is 0.697. The van der Waals surface area contributed by atoms with Crippen LogP contribution < -0.4 is 19.5 Å². The van der Waals surface area contributed by atoms with Gasteiger partial charge in [0.15, 0.2) is 11.5 Å². The number of amides is 1. The predicted molar refractivity (Wildman–Crippen MR) is 100 cm³/mol. The van der Waals surface area contributed by atoms with Crippen molar-refractivity contribution in [3.05, 3.63) is 53.1 Å². The first kappa shape index (κ1) is 18.1. The van der Waals surface area contributed by atoms with Crippen molar-refractivity contribution >= 4 is 5.91 Å². The Kier molecular flexibility index (Phi) is 4.81. The Balaban J connectivity index is 1.88. The predicted octanol–water partition coefficient (Wildman–Crippen LogP) is 4.04. The van der Waals surface area contributed by atoms with Gasteiger partial charge < -0.3 is 19.5 Å². The van der Waals surface area contributed by atoms with Crippen LogP contribution in [0.25, 0.3) is 0 Å². The summed E-state index contributed by atoms with van der Waals surface area (Å²) >= 11 is 0. The van der Waals surface area contributed by atoms with E-state index in [0.29, 0.717) is 23.5 Å². The molecule has 1 aliphatic rings. The molecule has 2 aromatic carbocycles. The lowest BCUT2D eigenvalue weighted by Crippen LogP contribution is -2.41. The molecule has 0 unspecified atom stereocenters. The van der Waals surface area contributed by atoms with E-state index in [1.165, 1.54) is 0 Å². The van der Waals surface area contributed by atoms with Crippen molar-refractivity contribution in [3.63, 3.8) is 0 Å². The standard InChI is InChI=1S/C21H25NO4/c1-13-6-8-15-16(12-21(2,3)26-18(15)10-13)22-20(23)14-7-9-17(24-4)19(11-14)25-5/h6-11,16H,12H2,1-5H3,(H,22,23)/t16-/m1/s1. The molecule has 0 saturated heterocycles. The molecule has 138 valence electrons. The topological polar surface area (TPSA) is 56.8 Å². The van der Waals surface area contributed by atoms with Gasteiger partial charge in [-0.1, -0.05) is 12.1 Å². The third-order valence-electron chi connectivity index (χ3n) is 4.58. The minimum absolute atomic E-state index is 0.116. The van der Waals surface area contributed by atoms with Crippen LogP contribution in [-0.4, -0.2) is 25.7 Å². The zero-order valence-electron chi connectivity index (χ0n) is 15.9. The summed E-state index contributed by atoms with van der Waals surface area (Å²) in [6, 6.07) is 11.1. The van der Waals surface area contributed by atoms with Gasteiger partial charge in [-0.25, -0.2) is 0 Å². The second-order valence-electron chi connectivity index (χ2n) is 7.20. The Morgan fingerprint density at radius 1 is 1.12 bits per heavy atom. The quantitative estimate of drug-likeness (QED) is 0.899. The third kappa shape index (κ3) is 3.62. The molecule has 0 spiro atoms. The summed E-state index contributed by atoms with van der Waals surface area (Å²) in [6.45, 7) is 6.10. The number of nitrogens with one attached hydrogen (secondary N) is 1. The molecule has 3 rings (SSSR count). The van der Waals surface area contributed by atoms with Gasteiger partial charge in [0, 0.05) is 17.5 Å². The van der Waals surface area contributed by atoms with E-state index in [9.17, 15) is 4.79 Å². The molecule has 0 aromatic heterocycles. The summed E-state index contributed by atoms with van der Waals surface area (Å²) in [5.41, 5.74) is 2.31. The summed E-state index contributed by atoms with van der Waals surface area (Å²) in [7, 11) is 3.12. The molecular weight excluding hydrogens is 330 g/mol. The Morgan fingerprint density at radius 2 is 1.85 bits per heavy atom. The Hall–Kier alpha value is -2.69. The van der Waals surface area contributed by atoms with E-state index in [4.69, 9.17) is 14.2 Å². The molecule has 0 radical (unpaired) electrons. The van der Waals surface area contributed by atoms with E-state index in [1.807, 2.05) is 39.0 Å². The van der Waals surface area contributed by atoms with E-state index in [-0.39, 0.29) is 17.6 Å². The van der Waals surface area contributed by atoms with Crippen molar-refractivity contribution in [2.24, 2.45) is 0 Å². The van der Waals surface area contributed by atoms with Crippen LogP contribution in [0.5, 0.6) is 17.2 Å². The zero-order valence-corrected chi connectivity index (χ0v) is 15.9. The number of carbonyl (C=O) groups excluding carboxylic acids is 1. The van der Waals surface area contributed by atoms with Crippen molar-refractivity contribution < 1.29 is 19.0 Å². The van der Waals surface area contributed by atoms with Gasteiger partial charge in [0.1, 0.15) is 11.4 Å². The lowest BCUT2D eigenvalue weighted by Gasteiger charge is -2.38. The number of ether oxygens (including phenoxy) is 3. The molecule has 5 nitrogen and oxygen atoms in total. The molecule has 1 N–H and O–H groups in total. The highest BCUT2D eigenvalue weighted by molar-refractivity contribution is 5.95. The Labute approximate surface area is 154 Å². The average molecular weight is 355 g/mol. The van der Waals surface area contributed by atoms with Gasteiger partial charge in [0.25, 0.3) is 5.91 Å². The molecule has 1 heterocycles. The maximum atomic E-state index is 12.8. The highest BCUT2D eigenvalue weighted by atomic mass is 16.5. The first-order chi connectivity index (χ1) is 12.3.